The molecule has 3 heteroatoms. The van der Waals surface area contributed by atoms with Gasteiger partial charge in [0, 0.05) is 11.5 Å². The monoisotopic (exact) mass is 288 g/mol. The first-order valence-corrected chi connectivity index (χ1v) is 7.44. The summed E-state index contributed by atoms with van der Waals surface area (Å²) in [5, 5.41) is 10.5. The van der Waals surface area contributed by atoms with Crippen molar-refractivity contribution in [2.24, 2.45) is 0 Å². The van der Waals surface area contributed by atoms with Crippen LogP contribution in [0.15, 0.2) is 52.9 Å². The number of nitrogens with zero attached hydrogens (tertiary/aromatic N) is 1. The molecule has 0 bridgehead atoms. The first-order valence-electron chi connectivity index (χ1n) is 7.44. The van der Waals surface area contributed by atoms with Crippen LogP contribution in [0.2, 0.25) is 0 Å². The van der Waals surface area contributed by atoms with Crippen molar-refractivity contribution < 1.29 is 4.42 Å². The molecular weight excluding hydrogens is 272 g/mol. The largest absolute Gasteiger partial charge is 0.453 e. The topological polar surface area (TPSA) is 49.9 Å². The highest BCUT2D eigenvalue weighted by Gasteiger charge is 2.14. The average Bonchev–Trinajstić information content (AvgIpc) is 2.52. The van der Waals surface area contributed by atoms with Gasteiger partial charge in [-0.05, 0) is 35.1 Å². The van der Waals surface area contributed by atoms with E-state index in [1.807, 2.05) is 12.1 Å². The summed E-state index contributed by atoms with van der Waals surface area (Å²) in [5.41, 5.74) is 3.70. The summed E-state index contributed by atoms with van der Waals surface area (Å²) in [7, 11) is 0. The Morgan fingerprint density at radius 3 is 2.55 bits per heavy atom. The lowest BCUT2D eigenvalue weighted by Gasteiger charge is -2.14. The molecule has 1 N–H and O–H groups in total. The van der Waals surface area contributed by atoms with Gasteiger partial charge in [-0.3, -0.25) is 0 Å². The van der Waals surface area contributed by atoms with Gasteiger partial charge < -0.3 is 9.83 Å². The molecule has 2 aromatic carbocycles. The van der Waals surface area contributed by atoms with Gasteiger partial charge in [0.1, 0.15) is 11.2 Å². The number of fused-ring (bicyclic) bond motifs is 4. The van der Waals surface area contributed by atoms with Crippen LogP contribution in [0.25, 0.3) is 33.3 Å². The lowest BCUT2D eigenvalue weighted by molar-refractivity contribution is 0.611. The molecule has 1 aliphatic heterocycles. The van der Waals surface area contributed by atoms with Gasteiger partial charge in [-0.15, -0.1) is 0 Å². The quantitative estimate of drug-likeness (QED) is 0.408. The van der Waals surface area contributed by atoms with E-state index < -0.39 is 0 Å². The van der Waals surface area contributed by atoms with E-state index in [0.717, 1.165) is 22.2 Å². The normalized spacial score (nSPS) is 11.8. The highest BCUT2D eigenvalue weighted by molar-refractivity contribution is 6.05. The van der Waals surface area contributed by atoms with Crippen LogP contribution in [0.1, 0.15) is 25.3 Å². The molecule has 3 nitrogen and oxygen atoms in total. The zero-order valence-electron chi connectivity index (χ0n) is 12.6. The smallest absolute Gasteiger partial charge is 0.155 e. The van der Waals surface area contributed by atoms with Gasteiger partial charge in [0.25, 0.3) is 0 Å². The first-order chi connectivity index (χ1) is 10.6. The highest BCUT2D eigenvalue weighted by Crippen LogP contribution is 2.34. The average molecular weight is 288 g/mol. The maximum absolute atomic E-state index is 7.74. The molecule has 0 fully saturated rings. The van der Waals surface area contributed by atoms with Gasteiger partial charge in [0.2, 0.25) is 0 Å². The fourth-order valence-electron chi connectivity index (χ4n) is 2.96. The summed E-state index contributed by atoms with van der Waals surface area (Å²) >= 11 is 0. The third kappa shape index (κ3) is 1.90. The Hall–Kier alpha value is -2.68. The second-order valence-electron chi connectivity index (χ2n) is 5.91. The standard InChI is InChI=1S/C19H16N2O/c1-11(2)15-10-18-19(14-6-4-3-5-13(14)15)21-16-8-7-12(20)9-17(16)22-18/h3-11,20H,1-2H3. The summed E-state index contributed by atoms with van der Waals surface area (Å²) in [6.45, 7) is 4.37. The molecule has 4 rings (SSSR count). The minimum atomic E-state index is 0.405. The molecule has 0 saturated carbocycles. The maximum atomic E-state index is 7.74. The van der Waals surface area contributed by atoms with Crippen LogP contribution in [0, 0.1) is 5.41 Å². The molecular formula is C19H16N2O. The summed E-state index contributed by atoms with van der Waals surface area (Å²) in [5.74, 6) is 1.06. The number of hydrogen-bond acceptors (Lipinski definition) is 3. The first kappa shape index (κ1) is 13.0. The second-order valence-corrected chi connectivity index (χ2v) is 5.91. The minimum absolute atomic E-state index is 0.405. The molecule has 22 heavy (non-hydrogen) atoms. The molecule has 1 heterocycles. The van der Waals surface area contributed by atoms with Crippen molar-refractivity contribution in [1.29, 1.82) is 5.41 Å². The lowest BCUT2D eigenvalue weighted by Crippen LogP contribution is -2.00. The SMILES string of the molecule is CC(C)c1cc2oc3cc(=N)ccc-3nc2c2ccccc12. The Labute approximate surface area is 128 Å². The van der Waals surface area contributed by atoms with E-state index in [4.69, 9.17) is 14.8 Å². The van der Waals surface area contributed by atoms with Crippen molar-refractivity contribution in [3.63, 3.8) is 0 Å². The van der Waals surface area contributed by atoms with E-state index in [1.54, 1.807) is 12.1 Å². The lowest BCUT2D eigenvalue weighted by atomic mass is 9.95. The molecule has 0 radical (unpaired) electrons. The van der Waals surface area contributed by atoms with Crippen molar-refractivity contribution >= 4 is 21.9 Å². The van der Waals surface area contributed by atoms with Crippen molar-refractivity contribution in [2.45, 2.75) is 19.8 Å². The van der Waals surface area contributed by atoms with E-state index >= 15 is 0 Å². The molecule has 0 amide bonds. The minimum Gasteiger partial charge on any atom is -0.453 e. The van der Waals surface area contributed by atoms with Crippen LogP contribution in [0.4, 0.5) is 0 Å². The van der Waals surface area contributed by atoms with E-state index in [0.29, 0.717) is 17.0 Å². The molecule has 2 aliphatic rings. The Kier molecular flexibility index (Phi) is 2.76. The zero-order chi connectivity index (χ0) is 15.3. The Morgan fingerprint density at radius 1 is 1.00 bits per heavy atom. The molecule has 0 atom stereocenters. The van der Waals surface area contributed by atoms with Crippen LogP contribution >= 0.6 is 0 Å². The number of nitrogens with one attached hydrogen (secondary N) is 1. The van der Waals surface area contributed by atoms with E-state index in [9.17, 15) is 0 Å². The predicted molar refractivity (Wildman–Crippen MR) is 88.1 cm³/mol. The summed E-state index contributed by atoms with van der Waals surface area (Å²) in [4.78, 5) is 4.77. The van der Waals surface area contributed by atoms with Crippen LogP contribution in [-0.2, 0) is 0 Å². The number of hydrogen-bond donors (Lipinski definition) is 1. The molecule has 0 saturated heterocycles. The molecule has 0 aromatic heterocycles. The van der Waals surface area contributed by atoms with Crippen LogP contribution in [0.5, 0.6) is 0 Å². The van der Waals surface area contributed by atoms with Crippen molar-refractivity contribution in [1.82, 2.24) is 4.98 Å². The Bertz CT molecular complexity index is 1030. The van der Waals surface area contributed by atoms with Crippen LogP contribution < -0.4 is 5.36 Å². The fourth-order valence-corrected chi connectivity index (χ4v) is 2.96. The van der Waals surface area contributed by atoms with Crippen LogP contribution in [-0.4, -0.2) is 4.98 Å². The molecule has 1 aliphatic carbocycles. The van der Waals surface area contributed by atoms with E-state index in [1.165, 1.54) is 10.9 Å². The summed E-state index contributed by atoms with van der Waals surface area (Å²) in [6.07, 6.45) is 0. The second kappa shape index (κ2) is 4.67. The van der Waals surface area contributed by atoms with Crippen molar-refractivity contribution in [3.8, 4) is 11.5 Å². The van der Waals surface area contributed by atoms with Gasteiger partial charge in [-0.25, -0.2) is 4.98 Å². The van der Waals surface area contributed by atoms with Gasteiger partial charge >= 0.3 is 0 Å². The Balaban J connectivity index is 2.22. The molecule has 108 valence electrons. The number of rotatable bonds is 1. The van der Waals surface area contributed by atoms with E-state index in [-0.39, 0.29) is 0 Å². The number of aromatic nitrogens is 1. The molecule has 2 aromatic rings. The highest BCUT2D eigenvalue weighted by atomic mass is 16.3. The van der Waals surface area contributed by atoms with E-state index in [2.05, 4.69) is 38.1 Å². The molecule has 0 unspecified atom stereocenters. The van der Waals surface area contributed by atoms with Gasteiger partial charge in [0.05, 0.1) is 5.36 Å². The fraction of sp³-hybridized carbons (Fsp3) is 0.158. The predicted octanol–water partition coefficient (Wildman–Crippen LogP) is 4.69. The number of benzene rings is 3. The Morgan fingerprint density at radius 2 is 1.77 bits per heavy atom. The molecule has 0 spiro atoms. The van der Waals surface area contributed by atoms with Gasteiger partial charge in [0.15, 0.2) is 11.3 Å². The van der Waals surface area contributed by atoms with Crippen LogP contribution in [0.3, 0.4) is 0 Å². The van der Waals surface area contributed by atoms with Gasteiger partial charge in [-0.1, -0.05) is 38.1 Å². The van der Waals surface area contributed by atoms with Crippen molar-refractivity contribution in [2.75, 3.05) is 0 Å². The van der Waals surface area contributed by atoms with Crippen molar-refractivity contribution in [3.05, 3.63) is 59.5 Å². The third-order valence-electron chi connectivity index (χ3n) is 4.05. The third-order valence-corrected chi connectivity index (χ3v) is 4.05. The zero-order valence-corrected chi connectivity index (χ0v) is 12.6. The summed E-state index contributed by atoms with van der Waals surface area (Å²) in [6, 6.07) is 15.7. The maximum Gasteiger partial charge on any atom is 0.155 e. The summed E-state index contributed by atoms with van der Waals surface area (Å²) < 4.78 is 6.04. The van der Waals surface area contributed by atoms with Gasteiger partial charge in [-0.2, -0.15) is 0 Å².